The summed E-state index contributed by atoms with van der Waals surface area (Å²) in [6.07, 6.45) is 5.92. The van der Waals surface area contributed by atoms with Crippen molar-refractivity contribution in [2.24, 2.45) is 0 Å². The summed E-state index contributed by atoms with van der Waals surface area (Å²) in [5.74, 6) is -0.901. The van der Waals surface area contributed by atoms with Gasteiger partial charge in [0.1, 0.15) is 0 Å². The van der Waals surface area contributed by atoms with E-state index in [2.05, 4.69) is 15.0 Å². The van der Waals surface area contributed by atoms with Crippen LogP contribution in [-0.4, -0.2) is 33.3 Å². The van der Waals surface area contributed by atoms with Crippen molar-refractivity contribution in [3.8, 4) is 0 Å². The third-order valence-corrected chi connectivity index (χ3v) is 3.10. The fourth-order valence-corrected chi connectivity index (χ4v) is 1.97. The number of hydrogen-bond acceptors (Lipinski definition) is 5. The quantitative estimate of drug-likeness (QED) is 0.444. The van der Waals surface area contributed by atoms with Gasteiger partial charge >= 0.3 is 5.97 Å². The average molecular weight is 307 g/mol. The molecule has 0 unspecified atom stereocenters. The number of H-pyrrole nitrogens is 1. The van der Waals surface area contributed by atoms with Crippen LogP contribution in [-0.2, 0) is 9.53 Å². The van der Waals surface area contributed by atoms with E-state index in [9.17, 15) is 9.59 Å². The Hall–Kier alpha value is -3.28. The van der Waals surface area contributed by atoms with Gasteiger partial charge in [0.2, 0.25) is 5.78 Å². The number of esters is 1. The number of hydrogen-bond donors (Lipinski definition) is 1. The van der Waals surface area contributed by atoms with Crippen LogP contribution in [0.3, 0.4) is 0 Å². The molecule has 0 atom stereocenters. The second kappa shape index (κ2) is 6.65. The van der Waals surface area contributed by atoms with Gasteiger partial charge in [-0.1, -0.05) is 12.1 Å². The summed E-state index contributed by atoms with van der Waals surface area (Å²) in [5, 5.41) is 0. The number of Topliss-reactive ketones (excluding diaryl/α,β-unsaturated/α-hetero) is 1. The lowest BCUT2D eigenvalue weighted by molar-refractivity contribution is -0.136. The molecule has 114 valence electrons. The van der Waals surface area contributed by atoms with E-state index in [0.29, 0.717) is 11.4 Å². The highest BCUT2D eigenvalue weighted by molar-refractivity contribution is 5.97. The number of aromatic nitrogens is 3. The smallest absolute Gasteiger partial charge is 0.331 e. The second-order valence-electron chi connectivity index (χ2n) is 4.73. The van der Waals surface area contributed by atoms with Crippen molar-refractivity contribution in [1.82, 2.24) is 15.0 Å². The zero-order valence-electron chi connectivity index (χ0n) is 12.1. The monoisotopic (exact) mass is 307 g/mol. The minimum atomic E-state index is -0.611. The molecule has 3 rings (SSSR count). The number of benzene rings is 1. The van der Waals surface area contributed by atoms with E-state index in [0.717, 1.165) is 11.0 Å². The molecule has 6 heteroatoms. The Bertz CT molecular complexity index is 870. The molecule has 2 aromatic heterocycles. The van der Waals surface area contributed by atoms with Gasteiger partial charge in [-0.15, -0.1) is 0 Å². The number of nitrogens with zero attached hydrogens (tertiary/aromatic N) is 2. The van der Waals surface area contributed by atoms with Crippen LogP contribution in [0.25, 0.3) is 17.1 Å². The average Bonchev–Trinajstić information content (AvgIpc) is 3.12. The van der Waals surface area contributed by atoms with Crippen LogP contribution in [0.15, 0.2) is 54.9 Å². The second-order valence-corrected chi connectivity index (χ2v) is 4.73. The van der Waals surface area contributed by atoms with E-state index in [1.54, 1.807) is 24.5 Å². The summed E-state index contributed by atoms with van der Waals surface area (Å²) in [7, 11) is 0. The van der Waals surface area contributed by atoms with Crippen molar-refractivity contribution in [2.45, 2.75) is 0 Å². The molecule has 3 aromatic rings. The van der Waals surface area contributed by atoms with Gasteiger partial charge in [-0.05, 0) is 30.3 Å². The number of nitrogens with one attached hydrogen (secondary N) is 1. The van der Waals surface area contributed by atoms with Crippen LogP contribution in [0.5, 0.6) is 0 Å². The fourth-order valence-electron chi connectivity index (χ4n) is 1.97. The molecule has 0 aliphatic carbocycles. The standard InChI is InChI=1S/C17H13N3O3/c21-16(15-6-3-9-18-15)11-23-17(22)8-7-12-10-19-13-4-1-2-5-14(13)20-12/h1-10,18H,11H2/b8-7+. The van der Waals surface area contributed by atoms with Crippen molar-refractivity contribution in [1.29, 1.82) is 0 Å². The normalized spacial score (nSPS) is 11.0. The van der Waals surface area contributed by atoms with Crippen molar-refractivity contribution in [2.75, 3.05) is 6.61 Å². The van der Waals surface area contributed by atoms with Crippen LogP contribution >= 0.6 is 0 Å². The maximum Gasteiger partial charge on any atom is 0.331 e. The molecule has 23 heavy (non-hydrogen) atoms. The van der Waals surface area contributed by atoms with Crippen molar-refractivity contribution in [3.05, 3.63) is 66.3 Å². The van der Waals surface area contributed by atoms with Crippen LogP contribution < -0.4 is 0 Å². The Morgan fingerprint density at radius 2 is 1.96 bits per heavy atom. The first-order chi connectivity index (χ1) is 11.2. The molecule has 0 aliphatic rings. The number of fused-ring (bicyclic) bond motifs is 1. The molecule has 0 fully saturated rings. The predicted octanol–water partition coefficient (Wildman–Crippen LogP) is 2.40. The van der Waals surface area contributed by atoms with Crippen molar-refractivity contribution in [3.63, 3.8) is 0 Å². The van der Waals surface area contributed by atoms with E-state index in [1.807, 2.05) is 24.3 Å². The molecule has 1 aromatic carbocycles. The molecule has 0 aliphatic heterocycles. The van der Waals surface area contributed by atoms with E-state index in [4.69, 9.17) is 4.74 Å². The van der Waals surface area contributed by atoms with Crippen LogP contribution in [0.1, 0.15) is 16.2 Å². The number of carbonyl (C=O) groups excluding carboxylic acids is 2. The highest BCUT2D eigenvalue weighted by Crippen LogP contribution is 2.09. The topological polar surface area (TPSA) is 84.9 Å². The van der Waals surface area contributed by atoms with Crippen LogP contribution in [0, 0.1) is 0 Å². The number of para-hydroxylation sites is 2. The largest absolute Gasteiger partial charge is 0.454 e. The van der Waals surface area contributed by atoms with Gasteiger partial charge < -0.3 is 9.72 Å². The molecule has 0 radical (unpaired) electrons. The third-order valence-electron chi connectivity index (χ3n) is 3.10. The molecule has 0 amide bonds. The molecule has 0 saturated carbocycles. The zero-order valence-corrected chi connectivity index (χ0v) is 12.1. The Kier molecular flexibility index (Phi) is 4.24. The first-order valence-electron chi connectivity index (χ1n) is 6.95. The van der Waals surface area contributed by atoms with Crippen molar-refractivity contribution < 1.29 is 14.3 Å². The molecular weight excluding hydrogens is 294 g/mol. The summed E-state index contributed by atoms with van der Waals surface area (Å²) >= 11 is 0. The lowest BCUT2D eigenvalue weighted by Crippen LogP contribution is -2.12. The lowest BCUT2D eigenvalue weighted by atomic mass is 10.3. The highest BCUT2D eigenvalue weighted by atomic mass is 16.5. The first kappa shape index (κ1) is 14.6. The van der Waals surface area contributed by atoms with E-state index < -0.39 is 5.97 Å². The van der Waals surface area contributed by atoms with Gasteiger partial charge in [-0.2, -0.15) is 0 Å². The van der Waals surface area contributed by atoms with Gasteiger partial charge in [0, 0.05) is 12.3 Å². The Labute approximate surface area is 131 Å². The minimum absolute atomic E-state index is 0.290. The summed E-state index contributed by atoms with van der Waals surface area (Å²) in [6, 6.07) is 10.8. The summed E-state index contributed by atoms with van der Waals surface area (Å²) in [6.45, 7) is -0.312. The summed E-state index contributed by atoms with van der Waals surface area (Å²) in [5.41, 5.74) is 2.47. The predicted molar refractivity (Wildman–Crippen MR) is 84.7 cm³/mol. The van der Waals surface area contributed by atoms with Gasteiger partial charge in [-0.3, -0.25) is 9.78 Å². The molecule has 0 spiro atoms. The first-order valence-corrected chi connectivity index (χ1v) is 6.95. The van der Waals surface area contributed by atoms with Gasteiger partial charge in [-0.25, -0.2) is 9.78 Å². The molecule has 1 N–H and O–H groups in total. The highest BCUT2D eigenvalue weighted by Gasteiger charge is 2.08. The Morgan fingerprint density at radius 1 is 1.13 bits per heavy atom. The van der Waals surface area contributed by atoms with Crippen LogP contribution in [0.2, 0.25) is 0 Å². The van der Waals surface area contributed by atoms with E-state index in [1.165, 1.54) is 12.2 Å². The maximum atomic E-state index is 11.7. The number of rotatable bonds is 5. The number of ketones is 1. The van der Waals surface area contributed by atoms with Gasteiger partial charge in [0.05, 0.1) is 28.6 Å². The van der Waals surface area contributed by atoms with Crippen molar-refractivity contribution >= 4 is 28.9 Å². The lowest BCUT2D eigenvalue weighted by Gasteiger charge is -2.00. The Morgan fingerprint density at radius 3 is 2.74 bits per heavy atom. The molecule has 2 heterocycles. The van der Waals surface area contributed by atoms with E-state index >= 15 is 0 Å². The molecule has 0 bridgehead atoms. The third kappa shape index (κ3) is 3.68. The summed E-state index contributed by atoms with van der Waals surface area (Å²) in [4.78, 5) is 34.7. The molecular formula is C17H13N3O3. The summed E-state index contributed by atoms with van der Waals surface area (Å²) < 4.78 is 4.89. The van der Waals surface area contributed by atoms with Gasteiger partial charge in [0.25, 0.3) is 0 Å². The number of aromatic amines is 1. The molecule has 6 nitrogen and oxygen atoms in total. The number of ether oxygens (including phenoxy) is 1. The SMILES string of the molecule is O=C(/C=C/c1cnc2ccccc2n1)OCC(=O)c1ccc[nH]1. The fraction of sp³-hybridized carbons (Fsp3) is 0.0588. The maximum absolute atomic E-state index is 11.7. The van der Waals surface area contributed by atoms with Crippen LogP contribution in [0.4, 0.5) is 0 Å². The zero-order chi connectivity index (χ0) is 16.1. The van der Waals surface area contributed by atoms with E-state index in [-0.39, 0.29) is 12.4 Å². The number of carbonyl (C=O) groups is 2. The minimum Gasteiger partial charge on any atom is -0.454 e. The van der Waals surface area contributed by atoms with Gasteiger partial charge in [0.15, 0.2) is 6.61 Å². The molecule has 0 saturated heterocycles. The Balaban J connectivity index is 1.60.